The van der Waals surface area contributed by atoms with Gasteiger partial charge in [-0.15, -0.1) is 0 Å². The molecule has 0 saturated carbocycles. The summed E-state index contributed by atoms with van der Waals surface area (Å²) in [6, 6.07) is 0. The van der Waals surface area contributed by atoms with E-state index >= 15 is 0 Å². The quantitative estimate of drug-likeness (QED) is 0.663. The highest BCUT2D eigenvalue weighted by Gasteiger charge is 2.31. The second kappa shape index (κ2) is 3.72. The molecule has 2 atom stereocenters. The van der Waals surface area contributed by atoms with E-state index in [1.807, 2.05) is 13.8 Å². The van der Waals surface area contributed by atoms with Crippen molar-refractivity contribution in [2.24, 2.45) is 0 Å². The maximum Gasteiger partial charge on any atom is 0.400 e. The lowest BCUT2D eigenvalue weighted by Gasteiger charge is -2.26. The van der Waals surface area contributed by atoms with Gasteiger partial charge in [-0.2, -0.15) is 8.42 Å². The zero-order chi connectivity index (χ0) is 9.19. The van der Waals surface area contributed by atoms with E-state index in [4.69, 9.17) is 8.37 Å². The van der Waals surface area contributed by atoms with Crippen LogP contribution in [0.4, 0.5) is 0 Å². The van der Waals surface area contributed by atoms with Gasteiger partial charge in [0, 0.05) is 6.42 Å². The van der Waals surface area contributed by atoms with E-state index in [0.717, 1.165) is 0 Å². The van der Waals surface area contributed by atoms with Crippen molar-refractivity contribution < 1.29 is 16.8 Å². The SMILES string of the molecule is CC[C@@H]1C[C@@H](CC)OS(=O)(=O)O1. The van der Waals surface area contributed by atoms with Crippen LogP contribution in [0.3, 0.4) is 0 Å². The fourth-order valence-electron chi connectivity index (χ4n) is 1.20. The summed E-state index contributed by atoms with van der Waals surface area (Å²) in [4.78, 5) is 0. The largest absolute Gasteiger partial charge is 0.400 e. The third-order valence-electron chi connectivity index (χ3n) is 1.94. The van der Waals surface area contributed by atoms with Gasteiger partial charge in [0.1, 0.15) is 0 Å². The van der Waals surface area contributed by atoms with E-state index in [-0.39, 0.29) is 12.2 Å². The molecule has 12 heavy (non-hydrogen) atoms. The van der Waals surface area contributed by atoms with Crippen LogP contribution >= 0.6 is 0 Å². The first-order valence-electron chi connectivity index (χ1n) is 4.19. The van der Waals surface area contributed by atoms with Gasteiger partial charge in [0.05, 0.1) is 12.2 Å². The van der Waals surface area contributed by atoms with Crippen LogP contribution in [0.1, 0.15) is 33.1 Å². The van der Waals surface area contributed by atoms with Crippen LogP contribution in [-0.2, 0) is 18.8 Å². The van der Waals surface area contributed by atoms with E-state index in [1.54, 1.807) is 0 Å². The summed E-state index contributed by atoms with van der Waals surface area (Å²) in [6.45, 7) is 3.80. The van der Waals surface area contributed by atoms with Gasteiger partial charge in [-0.25, -0.2) is 8.37 Å². The zero-order valence-corrected chi connectivity index (χ0v) is 8.13. The number of rotatable bonds is 2. The molecule has 0 N–H and O–H groups in total. The summed E-state index contributed by atoms with van der Waals surface area (Å²) in [7, 11) is -3.71. The Morgan fingerprint density at radius 3 is 1.92 bits per heavy atom. The zero-order valence-electron chi connectivity index (χ0n) is 7.32. The second-order valence-corrected chi connectivity index (χ2v) is 4.10. The Morgan fingerprint density at radius 1 is 1.17 bits per heavy atom. The Labute approximate surface area is 73.2 Å². The maximum atomic E-state index is 10.9. The normalized spacial score (nSPS) is 34.8. The summed E-state index contributed by atoms with van der Waals surface area (Å²) in [5.74, 6) is 0. The van der Waals surface area contributed by atoms with Crippen LogP contribution < -0.4 is 0 Å². The molecule has 1 aliphatic heterocycles. The van der Waals surface area contributed by atoms with Crippen LogP contribution in [0, 0.1) is 0 Å². The smallest absolute Gasteiger partial charge is 0.245 e. The van der Waals surface area contributed by atoms with Gasteiger partial charge in [-0.3, -0.25) is 0 Å². The third-order valence-corrected chi connectivity index (χ3v) is 2.96. The minimum absolute atomic E-state index is 0.200. The first-order valence-corrected chi connectivity index (χ1v) is 5.52. The summed E-state index contributed by atoms with van der Waals surface area (Å²) >= 11 is 0. The van der Waals surface area contributed by atoms with E-state index in [9.17, 15) is 8.42 Å². The average Bonchev–Trinajstić information content (AvgIpc) is 2.01. The second-order valence-electron chi connectivity index (χ2n) is 2.90. The van der Waals surface area contributed by atoms with Crippen LogP contribution in [0.2, 0.25) is 0 Å². The molecular weight excluding hydrogens is 180 g/mol. The molecule has 0 aromatic heterocycles. The van der Waals surface area contributed by atoms with Crippen molar-refractivity contribution in [3.8, 4) is 0 Å². The Kier molecular flexibility index (Phi) is 3.09. The van der Waals surface area contributed by atoms with Gasteiger partial charge in [0.15, 0.2) is 0 Å². The topological polar surface area (TPSA) is 52.6 Å². The summed E-state index contributed by atoms with van der Waals surface area (Å²) < 4.78 is 31.3. The minimum atomic E-state index is -3.71. The molecule has 4 nitrogen and oxygen atoms in total. The first kappa shape index (κ1) is 9.95. The third kappa shape index (κ3) is 2.43. The molecule has 72 valence electrons. The lowest BCUT2D eigenvalue weighted by atomic mass is 10.1. The maximum absolute atomic E-state index is 10.9. The van der Waals surface area contributed by atoms with Crippen molar-refractivity contribution in [3.05, 3.63) is 0 Å². The lowest BCUT2D eigenvalue weighted by molar-refractivity contribution is 0.0377. The van der Waals surface area contributed by atoms with Gasteiger partial charge >= 0.3 is 10.4 Å². The molecule has 1 rings (SSSR count). The number of hydrogen-bond donors (Lipinski definition) is 0. The molecule has 1 heterocycles. The Hall–Kier alpha value is -0.130. The van der Waals surface area contributed by atoms with Gasteiger partial charge in [0.2, 0.25) is 0 Å². The standard InChI is InChI=1S/C7H14O4S/c1-3-6-5-7(4-2)11-12(8,9)10-6/h6-7H,3-5H2,1-2H3/t6-,7-/m1/s1. The van der Waals surface area contributed by atoms with Crippen LogP contribution in [0.5, 0.6) is 0 Å². The molecule has 0 bridgehead atoms. The summed E-state index contributed by atoms with van der Waals surface area (Å²) in [5.41, 5.74) is 0. The number of hydrogen-bond acceptors (Lipinski definition) is 4. The molecule has 0 unspecified atom stereocenters. The monoisotopic (exact) mass is 194 g/mol. The molecule has 0 aromatic rings. The van der Waals surface area contributed by atoms with E-state index in [2.05, 4.69) is 0 Å². The molecule has 1 saturated heterocycles. The fourth-order valence-corrected chi connectivity index (χ4v) is 2.34. The van der Waals surface area contributed by atoms with Gasteiger partial charge in [-0.1, -0.05) is 13.8 Å². The highest BCUT2D eigenvalue weighted by atomic mass is 32.3. The van der Waals surface area contributed by atoms with Crippen molar-refractivity contribution >= 4 is 10.4 Å². The summed E-state index contributed by atoms with van der Waals surface area (Å²) in [6.07, 6.45) is 1.69. The molecule has 0 aliphatic carbocycles. The average molecular weight is 194 g/mol. The van der Waals surface area contributed by atoms with E-state index < -0.39 is 10.4 Å². The molecular formula is C7H14O4S. The van der Waals surface area contributed by atoms with Crippen molar-refractivity contribution in [2.75, 3.05) is 0 Å². The van der Waals surface area contributed by atoms with Gasteiger partial charge < -0.3 is 0 Å². The van der Waals surface area contributed by atoms with Crippen LogP contribution in [-0.4, -0.2) is 20.6 Å². The molecule has 1 aliphatic rings. The molecule has 0 radical (unpaired) electrons. The van der Waals surface area contributed by atoms with Crippen molar-refractivity contribution in [2.45, 2.75) is 45.3 Å². The fraction of sp³-hybridized carbons (Fsp3) is 1.00. The van der Waals surface area contributed by atoms with Crippen LogP contribution in [0.25, 0.3) is 0 Å². The Morgan fingerprint density at radius 2 is 1.58 bits per heavy atom. The highest BCUT2D eigenvalue weighted by Crippen LogP contribution is 2.23. The van der Waals surface area contributed by atoms with Gasteiger partial charge in [-0.05, 0) is 12.8 Å². The predicted molar refractivity (Wildman–Crippen MR) is 43.9 cm³/mol. The van der Waals surface area contributed by atoms with Crippen molar-refractivity contribution in [3.63, 3.8) is 0 Å². The van der Waals surface area contributed by atoms with E-state index in [0.29, 0.717) is 19.3 Å². The first-order chi connectivity index (χ1) is 5.57. The van der Waals surface area contributed by atoms with Crippen LogP contribution in [0.15, 0.2) is 0 Å². The molecule has 0 aromatic carbocycles. The van der Waals surface area contributed by atoms with E-state index in [1.165, 1.54) is 0 Å². The van der Waals surface area contributed by atoms with Crippen molar-refractivity contribution in [1.29, 1.82) is 0 Å². The molecule has 0 spiro atoms. The molecule has 0 amide bonds. The minimum Gasteiger partial charge on any atom is -0.245 e. The van der Waals surface area contributed by atoms with Crippen molar-refractivity contribution in [1.82, 2.24) is 0 Å². The molecule has 1 fully saturated rings. The Bertz CT molecular complexity index is 216. The van der Waals surface area contributed by atoms with Gasteiger partial charge in [0.25, 0.3) is 0 Å². The Balaban J connectivity index is 2.66. The lowest BCUT2D eigenvalue weighted by Crippen LogP contribution is -2.34. The molecule has 5 heteroatoms. The highest BCUT2D eigenvalue weighted by molar-refractivity contribution is 7.81. The predicted octanol–water partition coefficient (Wildman–Crippen LogP) is 1.23. The summed E-state index contributed by atoms with van der Waals surface area (Å²) in [5, 5.41) is 0.